The van der Waals surface area contributed by atoms with Crippen molar-refractivity contribution in [3.05, 3.63) is 41.4 Å². The van der Waals surface area contributed by atoms with E-state index < -0.39 is 0 Å². The highest BCUT2D eigenvalue weighted by Gasteiger charge is 2.43. The molecule has 4 rings (SSSR count). The quantitative estimate of drug-likeness (QED) is 0.549. The minimum absolute atomic E-state index is 0.0662. The third kappa shape index (κ3) is 6.97. The summed E-state index contributed by atoms with van der Waals surface area (Å²) in [6.45, 7) is 6.79. The zero-order chi connectivity index (χ0) is 24.8. The Balaban J connectivity index is 1.13. The summed E-state index contributed by atoms with van der Waals surface area (Å²) in [6, 6.07) is 4.81. The summed E-state index contributed by atoms with van der Waals surface area (Å²) in [7, 11) is 3.35. The molecule has 1 aromatic carbocycles. The van der Waals surface area contributed by atoms with Crippen LogP contribution in [-0.2, 0) is 16.0 Å². The van der Waals surface area contributed by atoms with Crippen molar-refractivity contribution in [1.29, 1.82) is 0 Å². The number of ether oxygens (including phenoxy) is 2. The number of carbonyl (C=O) groups excluding carboxylic acids is 1. The second kappa shape index (κ2) is 11.9. The van der Waals surface area contributed by atoms with Gasteiger partial charge in [0.2, 0.25) is 5.91 Å². The Morgan fingerprint density at radius 1 is 1.29 bits per heavy atom. The minimum atomic E-state index is -0.383. The average Bonchev–Trinajstić information content (AvgIpc) is 3.64. The number of nitrogens with zero attached hydrogens (tertiary/aromatic N) is 3. The van der Waals surface area contributed by atoms with Crippen LogP contribution >= 0.6 is 0 Å². The number of aliphatic imine (C=N–C) groups is 1. The zero-order valence-electron chi connectivity index (χ0n) is 21.3. The molecule has 2 heterocycles. The Hall–Kier alpha value is -2.61. The highest BCUT2D eigenvalue weighted by molar-refractivity contribution is 5.82. The molecular formula is C27H39FN4O3. The van der Waals surface area contributed by atoms with Gasteiger partial charge in [0.1, 0.15) is 11.6 Å². The number of nitrogens with one attached hydrogen (secondary N) is 1. The van der Waals surface area contributed by atoms with E-state index in [4.69, 9.17) is 14.5 Å². The Morgan fingerprint density at radius 2 is 2.09 bits per heavy atom. The van der Waals surface area contributed by atoms with E-state index in [2.05, 4.69) is 10.2 Å². The van der Waals surface area contributed by atoms with E-state index in [0.29, 0.717) is 37.0 Å². The Labute approximate surface area is 208 Å². The maximum absolute atomic E-state index is 14.3. The maximum Gasteiger partial charge on any atom is 0.226 e. The number of piperidine rings is 1. The first-order chi connectivity index (χ1) is 16.9. The van der Waals surface area contributed by atoms with Crippen LogP contribution in [0.25, 0.3) is 0 Å². The predicted octanol–water partition coefficient (Wildman–Crippen LogP) is 3.45. The third-order valence-electron chi connectivity index (χ3n) is 7.37. The predicted molar refractivity (Wildman–Crippen MR) is 135 cm³/mol. The molecule has 1 N–H and O–H groups in total. The number of hydrogen-bond acceptors (Lipinski definition) is 6. The summed E-state index contributed by atoms with van der Waals surface area (Å²) in [5, 5.41) is 3.35. The van der Waals surface area contributed by atoms with E-state index in [1.807, 2.05) is 13.1 Å². The van der Waals surface area contributed by atoms with Crippen molar-refractivity contribution >= 4 is 11.9 Å². The van der Waals surface area contributed by atoms with Crippen LogP contribution in [0.1, 0.15) is 38.2 Å². The van der Waals surface area contributed by atoms with E-state index >= 15 is 0 Å². The van der Waals surface area contributed by atoms with E-state index in [-0.39, 0.29) is 18.1 Å². The van der Waals surface area contributed by atoms with Crippen molar-refractivity contribution in [3.63, 3.8) is 0 Å². The molecule has 1 aliphatic carbocycles. The van der Waals surface area contributed by atoms with Crippen molar-refractivity contribution in [2.75, 3.05) is 53.6 Å². The van der Waals surface area contributed by atoms with Crippen LogP contribution in [0.5, 0.6) is 5.75 Å². The van der Waals surface area contributed by atoms with Gasteiger partial charge < -0.3 is 24.6 Å². The molecular weight excluding hydrogens is 447 g/mol. The lowest BCUT2D eigenvalue weighted by Gasteiger charge is -2.35. The standard InChI is InChI=1S/C27H39FN4O3/c1-4-34-18-19-16-29-27(30-17-19)32-10-7-20(8-11-32)24-13-21(24)9-12-35-23-6-5-22(25(28)15-23)14-26(33)31(2)3/h5-6,15-16,20-21,24H,4,7-14,17-18H2,1-3H3,(H,29,30)/t21-,24-/m1/s1. The fraction of sp³-hybridized carbons (Fsp3) is 0.630. The summed E-state index contributed by atoms with van der Waals surface area (Å²) < 4.78 is 25.6. The molecule has 1 saturated carbocycles. The molecule has 1 amide bonds. The first-order valence-electron chi connectivity index (χ1n) is 12.9. The van der Waals surface area contributed by atoms with Gasteiger partial charge in [0.25, 0.3) is 0 Å². The van der Waals surface area contributed by atoms with Gasteiger partial charge in [-0.25, -0.2) is 9.38 Å². The first kappa shape index (κ1) is 25.5. The van der Waals surface area contributed by atoms with Crippen LogP contribution in [0.2, 0.25) is 0 Å². The van der Waals surface area contributed by atoms with Crippen LogP contribution < -0.4 is 10.1 Å². The Bertz CT molecular complexity index is 940. The fourth-order valence-corrected chi connectivity index (χ4v) is 5.08. The van der Waals surface area contributed by atoms with Crippen molar-refractivity contribution in [1.82, 2.24) is 15.1 Å². The van der Waals surface area contributed by atoms with Gasteiger partial charge in [0.05, 0.1) is 26.2 Å². The summed E-state index contributed by atoms with van der Waals surface area (Å²) in [4.78, 5) is 20.4. The van der Waals surface area contributed by atoms with Gasteiger partial charge in [-0.3, -0.25) is 4.79 Å². The van der Waals surface area contributed by atoms with E-state index in [1.54, 1.807) is 26.2 Å². The molecule has 2 fully saturated rings. The van der Waals surface area contributed by atoms with Gasteiger partial charge in [-0.2, -0.15) is 0 Å². The molecule has 0 aromatic heterocycles. The number of halogens is 1. The minimum Gasteiger partial charge on any atom is -0.493 e. The molecule has 35 heavy (non-hydrogen) atoms. The van der Waals surface area contributed by atoms with Crippen molar-refractivity contribution in [2.45, 2.75) is 39.0 Å². The lowest BCUT2D eigenvalue weighted by molar-refractivity contribution is -0.128. The smallest absolute Gasteiger partial charge is 0.226 e. The number of guanidine groups is 1. The molecule has 0 spiro atoms. The molecule has 8 heteroatoms. The zero-order valence-corrected chi connectivity index (χ0v) is 21.3. The molecule has 7 nitrogen and oxygen atoms in total. The first-order valence-corrected chi connectivity index (χ1v) is 12.9. The fourth-order valence-electron chi connectivity index (χ4n) is 5.08. The Morgan fingerprint density at radius 3 is 2.74 bits per heavy atom. The second-order valence-corrected chi connectivity index (χ2v) is 10.1. The van der Waals surface area contributed by atoms with E-state index in [9.17, 15) is 9.18 Å². The number of hydrogen-bond donors (Lipinski definition) is 1. The van der Waals surface area contributed by atoms with Gasteiger partial charge >= 0.3 is 0 Å². The SMILES string of the molecule is CCOCC1=CNC(N2CCC([C@H]3C[C@H]3CCOc3ccc(CC(=O)N(C)C)c(F)c3)CC2)=NC1. The van der Waals surface area contributed by atoms with Gasteiger partial charge in [-0.05, 0) is 67.6 Å². The van der Waals surface area contributed by atoms with Gasteiger partial charge in [-0.1, -0.05) is 6.07 Å². The van der Waals surface area contributed by atoms with Crippen LogP contribution in [-0.4, -0.2) is 75.2 Å². The molecule has 1 aromatic rings. The molecule has 0 bridgehead atoms. The highest BCUT2D eigenvalue weighted by Crippen LogP contribution is 2.49. The van der Waals surface area contributed by atoms with Crippen molar-refractivity contribution in [3.8, 4) is 5.75 Å². The number of benzene rings is 1. The number of carbonyl (C=O) groups is 1. The lowest BCUT2D eigenvalue weighted by Crippen LogP contribution is -2.45. The van der Waals surface area contributed by atoms with Crippen molar-refractivity contribution in [2.24, 2.45) is 22.7 Å². The molecule has 0 unspecified atom stereocenters. The van der Waals surface area contributed by atoms with E-state index in [1.165, 1.54) is 35.8 Å². The van der Waals surface area contributed by atoms with Crippen molar-refractivity contribution < 1.29 is 18.7 Å². The van der Waals surface area contributed by atoms with E-state index in [0.717, 1.165) is 43.9 Å². The highest BCUT2D eigenvalue weighted by atomic mass is 19.1. The van der Waals surface area contributed by atoms with Gasteiger partial charge in [0.15, 0.2) is 5.96 Å². The van der Waals surface area contributed by atoms with Crippen LogP contribution in [0.3, 0.4) is 0 Å². The summed E-state index contributed by atoms with van der Waals surface area (Å²) >= 11 is 0. The normalized spacial score (nSPS) is 22.2. The molecule has 192 valence electrons. The summed E-state index contributed by atoms with van der Waals surface area (Å²) in [6.07, 6.45) is 6.80. The Kier molecular flexibility index (Phi) is 8.65. The third-order valence-corrected chi connectivity index (χ3v) is 7.37. The summed E-state index contributed by atoms with van der Waals surface area (Å²) in [5.41, 5.74) is 1.59. The average molecular weight is 487 g/mol. The lowest BCUT2D eigenvalue weighted by atomic mass is 9.90. The van der Waals surface area contributed by atoms with Gasteiger partial charge in [-0.15, -0.1) is 0 Å². The molecule has 3 aliphatic rings. The summed E-state index contributed by atoms with van der Waals surface area (Å²) in [5.74, 6) is 3.30. The van der Waals surface area contributed by atoms with Gasteiger partial charge in [0, 0.05) is 46.1 Å². The topological polar surface area (TPSA) is 66.4 Å². The monoisotopic (exact) mass is 486 g/mol. The molecule has 2 atom stereocenters. The number of likely N-dealkylation sites (N-methyl/N-ethyl adjacent to an activating group) is 1. The largest absolute Gasteiger partial charge is 0.493 e. The van der Waals surface area contributed by atoms with Crippen LogP contribution in [0.4, 0.5) is 4.39 Å². The molecule has 0 radical (unpaired) electrons. The number of likely N-dealkylation sites (tertiary alicyclic amines) is 1. The maximum atomic E-state index is 14.3. The number of rotatable bonds is 10. The number of amides is 1. The second-order valence-electron chi connectivity index (χ2n) is 10.1. The molecule has 2 aliphatic heterocycles. The van der Waals surface area contributed by atoms with Crippen LogP contribution in [0.15, 0.2) is 35.0 Å². The van der Waals surface area contributed by atoms with Crippen LogP contribution in [0, 0.1) is 23.6 Å². The molecule has 1 saturated heterocycles.